The summed E-state index contributed by atoms with van der Waals surface area (Å²) in [7, 11) is 0. The number of aryl methyl sites for hydroxylation is 1. The van der Waals surface area contributed by atoms with Gasteiger partial charge >= 0.3 is 0 Å². The second kappa shape index (κ2) is 6.85. The minimum atomic E-state index is -1.51. The summed E-state index contributed by atoms with van der Waals surface area (Å²) >= 11 is 0. The van der Waals surface area contributed by atoms with E-state index in [0.717, 1.165) is 16.8 Å². The molecule has 0 aliphatic carbocycles. The maximum Gasteiger partial charge on any atom is 0.101 e. The Morgan fingerprint density at radius 2 is 1.96 bits per heavy atom. The molecule has 0 spiro atoms. The fourth-order valence-corrected chi connectivity index (χ4v) is 2.51. The Bertz CT molecular complexity index is 995. The van der Waals surface area contributed by atoms with Gasteiger partial charge in [-0.1, -0.05) is 42.0 Å². The van der Waals surface area contributed by atoms with Gasteiger partial charge in [0.05, 0.1) is 17.2 Å². The van der Waals surface area contributed by atoms with Gasteiger partial charge < -0.3 is 9.90 Å². The quantitative estimate of drug-likeness (QED) is 0.544. The van der Waals surface area contributed by atoms with E-state index in [9.17, 15) is 9.90 Å². The molecule has 5 nitrogen and oxygen atoms in total. The van der Waals surface area contributed by atoms with E-state index in [-0.39, 0.29) is 0 Å². The molecule has 0 saturated carbocycles. The van der Waals surface area contributed by atoms with Crippen molar-refractivity contribution in [3.05, 3.63) is 77.5 Å². The number of para-hydroxylation sites is 1. The Morgan fingerprint density at radius 1 is 1.20 bits per heavy atom. The summed E-state index contributed by atoms with van der Waals surface area (Å²) in [5.41, 5.74) is 3.43. The van der Waals surface area contributed by atoms with Gasteiger partial charge in [-0.3, -0.25) is 0 Å². The maximum absolute atomic E-state index is 11.1. The van der Waals surface area contributed by atoms with Gasteiger partial charge in [-0.15, -0.1) is 0 Å². The summed E-state index contributed by atoms with van der Waals surface area (Å²) in [4.78, 5) is 11.1. The highest BCUT2D eigenvalue weighted by Crippen LogP contribution is 2.26. The monoisotopic (exact) mass is 328 g/mol. The molecular formula is C20H14N3O2-. The van der Waals surface area contributed by atoms with Gasteiger partial charge in [0.25, 0.3) is 0 Å². The molecule has 0 unspecified atom stereocenters. The zero-order valence-electron chi connectivity index (χ0n) is 13.5. The van der Waals surface area contributed by atoms with E-state index in [0.29, 0.717) is 11.3 Å². The average molecular weight is 328 g/mol. The minimum absolute atomic E-state index is 0.443. The average Bonchev–Trinajstić information content (AvgIpc) is 3.04. The zero-order chi connectivity index (χ0) is 17.8. The summed E-state index contributed by atoms with van der Waals surface area (Å²) < 4.78 is 1.66. The van der Waals surface area contributed by atoms with Crippen LogP contribution in [0.5, 0.6) is 0 Å². The molecule has 1 heterocycles. The van der Waals surface area contributed by atoms with Crippen molar-refractivity contribution in [2.75, 3.05) is 0 Å². The van der Waals surface area contributed by atoms with E-state index in [1.54, 1.807) is 16.9 Å². The Kier molecular flexibility index (Phi) is 4.44. The smallest absolute Gasteiger partial charge is 0.101 e. The highest BCUT2D eigenvalue weighted by atomic mass is 16.4. The first kappa shape index (κ1) is 16.2. The second-order valence-electron chi connectivity index (χ2n) is 5.54. The number of carboxylic acid groups (broad SMARTS) is 1. The number of benzene rings is 2. The number of rotatable bonds is 4. The zero-order valence-corrected chi connectivity index (χ0v) is 13.5. The molecule has 25 heavy (non-hydrogen) atoms. The molecule has 0 N–H and O–H groups in total. The Hall–Kier alpha value is -3.65. The van der Waals surface area contributed by atoms with E-state index in [2.05, 4.69) is 5.10 Å². The number of nitriles is 1. The molecule has 0 amide bonds. The first-order chi connectivity index (χ1) is 12.1. The standard InChI is InChI=1S/C20H15N3O2/c1-14-6-5-7-15(10-14)19-17(11-16(12-21)20(24)25)13-23(22-19)18-8-3-2-4-9-18/h2-11,13H,1H3,(H,24,25)/p-1/b16-11+. The third-order valence-electron chi connectivity index (χ3n) is 3.69. The fraction of sp³-hybridized carbons (Fsp3) is 0.0500. The number of carbonyl (C=O) groups is 1. The Balaban J connectivity index is 2.20. The largest absolute Gasteiger partial charge is 0.544 e. The Labute approximate surface area is 145 Å². The van der Waals surface area contributed by atoms with Gasteiger partial charge in [0.1, 0.15) is 11.8 Å². The number of carbonyl (C=O) groups excluding carboxylic acids is 1. The first-order valence-electron chi connectivity index (χ1n) is 7.64. The SMILES string of the molecule is Cc1cccc(-c2nn(-c3ccccc3)cc2/C=C(\C#N)C(=O)[O-])c1. The van der Waals surface area contributed by atoms with Crippen molar-refractivity contribution in [1.82, 2.24) is 9.78 Å². The van der Waals surface area contributed by atoms with Crippen molar-refractivity contribution in [2.45, 2.75) is 6.92 Å². The lowest BCUT2D eigenvalue weighted by Crippen LogP contribution is -2.23. The van der Waals surface area contributed by atoms with Crippen LogP contribution in [0.3, 0.4) is 0 Å². The van der Waals surface area contributed by atoms with Gasteiger partial charge in [0, 0.05) is 17.3 Å². The molecule has 0 aliphatic rings. The molecule has 0 bridgehead atoms. The molecule has 3 rings (SSSR count). The molecule has 0 radical (unpaired) electrons. The minimum Gasteiger partial charge on any atom is -0.544 e. The van der Waals surface area contributed by atoms with E-state index < -0.39 is 11.5 Å². The number of nitrogens with zero attached hydrogens (tertiary/aromatic N) is 3. The molecule has 0 fully saturated rings. The van der Waals surface area contributed by atoms with E-state index >= 15 is 0 Å². The summed E-state index contributed by atoms with van der Waals surface area (Å²) in [6.45, 7) is 1.97. The molecule has 1 aromatic heterocycles. The van der Waals surface area contributed by atoms with Crippen molar-refractivity contribution >= 4 is 12.0 Å². The van der Waals surface area contributed by atoms with Gasteiger partial charge in [-0.05, 0) is 31.2 Å². The highest BCUT2D eigenvalue weighted by Gasteiger charge is 2.12. The normalized spacial score (nSPS) is 11.1. The molecule has 3 aromatic rings. The molecular weight excluding hydrogens is 314 g/mol. The van der Waals surface area contributed by atoms with Gasteiger partial charge in [-0.2, -0.15) is 10.4 Å². The van der Waals surface area contributed by atoms with Crippen LogP contribution < -0.4 is 5.11 Å². The molecule has 5 heteroatoms. The molecule has 2 aromatic carbocycles. The van der Waals surface area contributed by atoms with E-state index in [4.69, 9.17) is 5.26 Å². The van der Waals surface area contributed by atoms with Crippen molar-refractivity contribution < 1.29 is 9.90 Å². The van der Waals surface area contributed by atoms with Crippen molar-refractivity contribution in [3.63, 3.8) is 0 Å². The number of hydrogen-bond donors (Lipinski definition) is 0. The number of carboxylic acids is 1. The summed E-state index contributed by atoms with van der Waals surface area (Å²) in [6.07, 6.45) is 2.99. The molecule has 122 valence electrons. The van der Waals surface area contributed by atoms with Crippen LogP contribution in [-0.4, -0.2) is 15.7 Å². The van der Waals surface area contributed by atoms with Crippen LogP contribution in [-0.2, 0) is 4.79 Å². The van der Waals surface area contributed by atoms with Crippen LogP contribution in [0.15, 0.2) is 66.4 Å². The van der Waals surface area contributed by atoms with E-state index in [1.807, 2.05) is 61.5 Å². The first-order valence-corrected chi connectivity index (χ1v) is 7.64. The third kappa shape index (κ3) is 3.48. The molecule has 0 saturated heterocycles. The van der Waals surface area contributed by atoms with Crippen molar-refractivity contribution in [1.29, 1.82) is 5.26 Å². The Morgan fingerprint density at radius 3 is 2.60 bits per heavy atom. The van der Waals surface area contributed by atoms with Crippen LogP contribution in [0.4, 0.5) is 0 Å². The van der Waals surface area contributed by atoms with Crippen LogP contribution in [0.1, 0.15) is 11.1 Å². The number of aromatic nitrogens is 2. The lowest BCUT2D eigenvalue weighted by Gasteiger charge is -2.02. The van der Waals surface area contributed by atoms with Gasteiger partial charge in [0.15, 0.2) is 0 Å². The molecule has 0 aliphatic heterocycles. The maximum atomic E-state index is 11.1. The van der Waals surface area contributed by atoms with Gasteiger partial charge in [-0.25, -0.2) is 4.68 Å². The van der Waals surface area contributed by atoms with Crippen molar-refractivity contribution in [3.8, 4) is 23.0 Å². The summed E-state index contributed by atoms with van der Waals surface area (Å²) in [5.74, 6) is -1.51. The topological polar surface area (TPSA) is 81.7 Å². The number of hydrogen-bond acceptors (Lipinski definition) is 4. The van der Waals surface area contributed by atoms with Crippen LogP contribution in [0.2, 0.25) is 0 Å². The summed E-state index contributed by atoms with van der Waals surface area (Å²) in [6, 6.07) is 18.8. The predicted octanol–water partition coefficient (Wildman–Crippen LogP) is 2.50. The van der Waals surface area contributed by atoms with Gasteiger partial charge in [0.2, 0.25) is 0 Å². The predicted molar refractivity (Wildman–Crippen MR) is 92.3 cm³/mol. The number of aliphatic carboxylic acids is 1. The highest BCUT2D eigenvalue weighted by molar-refractivity contribution is 5.96. The third-order valence-corrected chi connectivity index (χ3v) is 3.69. The van der Waals surface area contributed by atoms with Crippen LogP contribution >= 0.6 is 0 Å². The summed E-state index contributed by atoms with van der Waals surface area (Å²) in [5, 5.41) is 24.7. The van der Waals surface area contributed by atoms with E-state index in [1.165, 1.54) is 6.08 Å². The fourth-order valence-electron chi connectivity index (χ4n) is 2.51. The second-order valence-corrected chi connectivity index (χ2v) is 5.54. The van der Waals surface area contributed by atoms with Crippen LogP contribution in [0, 0.1) is 18.3 Å². The molecule has 0 atom stereocenters. The lowest BCUT2D eigenvalue weighted by atomic mass is 10.0. The van der Waals surface area contributed by atoms with Crippen LogP contribution in [0.25, 0.3) is 23.0 Å². The lowest BCUT2D eigenvalue weighted by molar-refractivity contribution is -0.298. The van der Waals surface area contributed by atoms with Crippen molar-refractivity contribution in [2.24, 2.45) is 0 Å².